The number of nitrogens with one attached hydrogen (secondary N) is 2. The minimum Gasteiger partial charge on any atom is -0.497 e. The van der Waals surface area contributed by atoms with Crippen molar-refractivity contribution in [1.29, 1.82) is 0 Å². The molecule has 0 aromatic heterocycles. The summed E-state index contributed by atoms with van der Waals surface area (Å²) >= 11 is 0. The van der Waals surface area contributed by atoms with E-state index in [0.717, 1.165) is 42.1 Å². The summed E-state index contributed by atoms with van der Waals surface area (Å²) in [5, 5.41) is 7.29. The number of hydrogen-bond acceptors (Lipinski definition) is 4. The molecule has 0 bridgehead atoms. The van der Waals surface area contributed by atoms with Gasteiger partial charge in [-0.25, -0.2) is 0 Å². The van der Waals surface area contributed by atoms with Gasteiger partial charge in [0.05, 0.1) is 26.3 Å². The molecule has 4 heteroatoms. The van der Waals surface area contributed by atoms with Crippen LogP contribution < -0.4 is 20.1 Å². The molecule has 2 N–H and O–H groups in total. The third-order valence-corrected chi connectivity index (χ3v) is 6.84. The van der Waals surface area contributed by atoms with E-state index in [1.54, 1.807) is 14.2 Å². The van der Waals surface area contributed by atoms with Gasteiger partial charge in [0, 0.05) is 11.4 Å². The van der Waals surface area contributed by atoms with Crippen molar-refractivity contribution in [3.63, 3.8) is 0 Å². The van der Waals surface area contributed by atoms with Crippen LogP contribution in [0.1, 0.15) is 47.2 Å². The highest BCUT2D eigenvalue weighted by Gasteiger charge is 2.12. The Morgan fingerprint density at radius 1 is 0.564 bits per heavy atom. The zero-order valence-corrected chi connectivity index (χ0v) is 22.9. The predicted molar refractivity (Wildman–Crippen MR) is 164 cm³/mol. The summed E-state index contributed by atoms with van der Waals surface area (Å²) in [5.74, 6) is 1.72. The normalized spacial score (nSPS) is 12.2. The molecule has 4 aromatic carbocycles. The Hall–Kier alpha value is -4.44. The Bertz CT molecular complexity index is 1210. The summed E-state index contributed by atoms with van der Waals surface area (Å²) < 4.78 is 10.6. The van der Waals surface area contributed by atoms with Crippen molar-refractivity contribution >= 4 is 11.4 Å². The summed E-state index contributed by atoms with van der Waals surface area (Å²) in [6.07, 6.45) is 6.45. The average molecular weight is 519 g/mol. The monoisotopic (exact) mass is 518 g/mol. The van der Waals surface area contributed by atoms with Crippen LogP contribution in [0.15, 0.2) is 122 Å². The Balaban J connectivity index is 1.37. The summed E-state index contributed by atoms with van der Waals surface area (Å²) in [6, 6.07) is 34.1. The van der Waals surface area contributed by atoms with Crippen LogP contribution in [0.3, 0.4) is 0 Å². The van der Waals surface area contributed by atoms with Gasteiger partial charge in [-0.2, -0.15) is 0 Å². The second-order valence-electron chi connectivity index (χ2n) is 9.56. The van der Waals surface area contributed by atoms with E-state index in [4.69, 9.17) is 9.47 Å². The van der Waals surface area contributed by atoms with Gasteiger partial charge in [-0.05, 0) is 90.0 Å². The molecule has 200 valence electrons. The quantitative estimate of drug-likeness (QED) is 0.164. The zero-order valence-electron chi connectivity index (χ0n) is 22.9. The van der Waals surface area contributed by atoms with E-state index in [0.29, 0.717) is 0 Å². The smallest absolute Gasteiger partial charge is 0.118 e. The number of ether oxygens (including phenoxy) is 2. The summed E-state index contributed by atoms with van der Waals surface area (Å²) in [5.41, 5.74) is 7.13. The predicted octanol–water partition coefficient (Wildman–Crippen LogP) is 8.75. The van der Waals surface area contributed by atoms with Crippen molar-refractivity contribution in [3.05, 3.63) is 145 Å². The molecule has 4 nitrogen and oxygen atoms in total. The highest BCUT2D eigenvalue weighted by atomic mass is 16.5. The second kappa shape index (κ2) is 13.9. The minimum atomic E-state index is 0.155. The zero-order chi connectivity index (χ0) is 27.5. The van der Waals surface area contributed by atoms with Gasteiger partial charge in [0.1, 0.15) is 11.5 Å². The van der Waals surface area contributed by atoms with E-state index in [-0.39, 0.29) is 12.1 Å². The average Bonchev–Trinajstić information content (AvgIpc) is 2.99. The van der Waals surface area contributed by atoms with Crippen LogP contribution in [0.25, 0.3) is 0 Å². The maximum absolute atomic E-state index is 5.30. The van der Waals surface area contributed by atoms with Gasteiger partial charge in [-0.15, -0.1) is 13.2 Å². The van der Waals surface area contributed by atoms with Crippen molar-refractivity contribution in [2.24, 2.45) is 0 Å². The Morgan fingerprint density at radius 3 is 1.23 bits per heavy atom. The fraction of sp³-hybridized carbons (Fsp3) is 0.200. The lowest BCUT2D eigenvalue weighted by Gasteiger charge is -2.20. The van der Waals surface area contributed by atoms with E-state index in [1.165, 1.54) is 22.3 Å². The van der Waals surface area contributed by atoms with Crippen LogP contribution in [0.5, 0.6) is 11.5 Å². The molecule has 0 amide bonds. The first-order valence-electron chi connectivity index (χ1n) is 13.3. The number of hydrogen-bond donors (Lipinski definition) is 2. The lowest BCUT2D eigenvalue weighted by atomic mass is 10.0. The van der Waals surface area contributed by atoms with E-state index < -0.39 is 0 Å². The van der Waals surface area contributed by atoms with E-state index in [9.17, 15) is 0 Å². The van der Waals surface area contributed by atoms with E-state index in [2.05, 4.69) is 96.6 Å². The summed E-state index contributed by atoms with van der Waals surface area (Å²) in [7, 11) is 3.37. The first kappa shape index (κ1) is 27.6. The number of methoxy groups -OCH3 is 2. The first-order valence-corrected chi connectivity index (χ1v) is 13.3. The molecule has 0 spiro atoms. The van der Waals surface area contributed by atoms with Crippen LogP contribution in [0, 0.1) is 0 Å². The van der Waals surface area contributed by atoms with Crippen LogP contribution in [-0.2, 0) is 6.42 Å². The van der Waals surface area contributed by atoms with Crippen LogP contribution in [0.4, 0.5) is 11.4 Å². The topological polar surface area (TPSA) is 42.5 Å². The fourth-order valence-electron chi connectivity index (χ4n) is 4.64. The molecule has 0 unspecified atom stereocenters. The Labute approximate surface area is 233 Å². The summed E-state index contributed by atoms with van der Waals surface area (Å²) in [4.78, 5) is 0. The molecule has 4 rings (SSSR count). The molecule has 39 heavy (non-hydrogen) atoms. The number of rotatable bonds is 14. The lowest BCUT2D eigenvalue weighted by molar-refractivity contribution is 0.414. The SMILES string of the molecule is C=CC[C@H](Nc1ccc(Cc2ccc(N[C@@H](CC=C)c3ccc(OC)cc3)cc2)cc1)c1ccc(OC)cc1. The molecule has 0 fully saturated rings. The van der Waals surface area contributed by atoms with Gasteiger partial charge in [0.15, 0.2) is 0 Å². The van der Waals surface area contributed by atoms with Crippen molar-refractivity contribution < 1.29 is 9.47 Å². The van der Waals surface area contributed by atoms with Crippen LogP contribution in [0.2, 0.25) is 0 Å². The summed E-state index contributed by atoms with van der Waals surface area (Å²) in [6.45, 7) is 7.87. The van der Waals surface area contributed by atoms with Crippen LogP contribution in [-0.4, -0.2) is 14.2 Å². The lowest BCUT2D eigenvalue weighted by Crippen LogP contribution is -2.10. The maximum atomic E-state index is 5.30. The molecule has 0 aliphatic heterocycles. The molecule has 0 heterocycles. The van der Waals surface area contributed by atoms with Crippen LogP contribution >= 0.6 is 0 Å². The third-order valence-electron chi connectivity index (χ3n) is 6.84. The minimum absolute atomic E-state index is 0.155. The van der Waals surface area contributed by atoms with Gasteiger partial charge in [-0.1, -0.05) is 60.7 Å². The van der Waals surface area contributed by atoms with Crippen molar-refractivity contribution in [3.8, 4) is 11.5 Å². The van der Waals surface area contributed by atoms with E-state index >= 15 is 0 Å². The molecule has 0 aliphatic carbocycles. The Kier molecular flexibility index (Phi) is 9.85. The molecular formula is C35H38N2O2. The molecule has 0 radical (unpaired) electrons. The van der Waals surface area contributed by atoms with Gasteiger partial charge in [-0.3, -0.25) is 0 Å². The number of benzene rings is 4. The van der Waals surface area contributed by atoms with Gasteiger partial charge in [0.25, 0.3) is 0 Å². The molecule has 0 saturated heterocycles. The van der Waals surface area contributed by atoms with Crippen molar-refractivity contribution in [2.45, 2.75) is 31.3 Å². The second-order valence-corrected chi connectivity index (χ2v) is 9.56. The first-order chi connectivity index (χ1) is 19.1. The molecule has 4 aromatic rings. The maximum Gasteiger partial charge on any atom is 0.118 e. The van der Waals surface area contributed by atoms with Gasteiger partial charge in [0.2, 0.25) is 0 Å². The van der Waals surface area contributed by atoms with Crippen molar-refractivity contribution in [1.82, 2.24) is 0 Å². The van der Waals surface area contributed by atoms with Gasteiger partial charge >= 0.3 is 0 Å². The van der Waals surface area contributed by atoms with Gasteiger partial charge < -0.3 is 20.1 Å². The Morgan fingerprint density at radius 2 is 0.923 bits per heavy atom. The van der Waals surface area contributed by atoms with Crippen molar-refractivity contribution in [2.75, 3.05) is 24.9 Å². The highest BCUT2D eigenvalue weighted by Crippen LogP contribution is 2.27. The molecular weight excluding hydrogens is 480 g/mol. The largest absolute Gasteiger partial charge is 0.497 e. The standard InChI is InChI=1S/C35H38N2O2/c1-5-7-34(28-13-21-32(38-3)22-14-28)36-30-17-9-26(10-18-30)25-27-11-19-31(20-12-27)37-35(8-6-2)29-15-23-33(39-4)24-16-29/h5-6,9-24,34-37H,1-2,7-8,25H2,3-4H3/t34-,35-/m0/s1. The molecule has 0 saturated carbocycles. The fourth-order valence-corrected chi connectivity index (χ4v) is 4.64. The highest BCUT2D eigenvalue weighted by molar-refractivity contribution is 5.50. The third kappa shape index (κ3) is 7.78. The molecule has 0 aliphatic rings. The number of anilines is 2. The van der Waals surface area contributed by atoms with E-state index in [1.807, 2.05) is 36.4 Å². The molecule has 2 atom stereocenters.